The third-order valence-electron chi connectivity index (χ3n) is 1.39. The van der Waals surface area contributed by atoms with Crippen LogP contribution in [0.3, 0.4) is 0 Å². The second kappa shape index (κ2) is 2.13. The van der Waals surface area contributed by atoms with Crippen LogP contribution in [0.4, 0.5) is 0 Å². The van der Waals surface area contributed by atoms with Gasteiger partial charge in [0.1, 0.15) is 0 Å². The first kappa shape index (κ1) is 6.20. The van der Waals surface area contributed by atoms with Gasteiger partial charge in [-0.1, -0.05) is 0 Å². The van der Waals surface area contributed by atoms with Crippen molar-refractivity contribution in [2.75, 3.05) is 17.8 Å². The zero-order valence-electron chi connectivity index (χ0n) is 4.61. The Morgan fingerprint density at radius 3 is 1.86 bits per heavy atom. The van der Waals surface area contributed by atoms with Crippen molar-refractivity contribution in [1.82, 2.24) is 0 Å². The molecule has 0 radical (unpaired) electrons. The molecule has 1 saturated heterocycles. The predicted octanol–water partition coefficient (Wildman–Crippen LogP) is 2.56. The Balaban J connectivity index is 2.40. The van der Waals surface area contributed by atoms with Gasteiger partial charge in [-0.2, -0.15) is 7.20 Å². The molecule has 0 saturated carbocycles. The molecule has 0 unspecified atom stereocenters. The fourth-order valence-corrected chi connectivity index (χ4v) is 4.59. The quantitative estimate of drug-likeness (QED) is 0.561. The van der Waals surface area contributed by atoms with Crippen LogP contribution >= 0.6 is 28.4 Å². The molecule has 0 aromatic heterocycles. The molecule has 0 spiro atoms. The van der Waals surface area contributed by atoms with Crippen molar-refractivity contribution in [3.8, 4) is 0 Å². The Kier molecular flexibility index (Phi) is 1.89. The van der Waals surface area contributed by atoms with Gasteiger partial charge in [-0.3, -0.25) is 0 Å². The predicted molar refractivity (Wildman–Crippen MR) is 46.5 cm³/mol. The van der Waals surface area contributed by atoms with Crippen molar-refractivity contribution in [2.24, 2.45) is 0 Å². The summed E-state index contributed by atoms with van der Waals surface area (Å²) in [6, 6.07) is 0. The molecule has 44 valence electrons. The first-order chi connectivity index (χ1) is 3.21. The van der Waals surface area contributed by atoms with Gasteiger partial charge in [0, 0.05) is 0 Å². The van der Waals surface area contributed by atoms with Crippen molar-refractivity contribution in [1.29, 1.82) is 0 Å². The van der Waals surface area contributed by atoms with Crippen molar-refractivity contribution in [3.63, 3.8) is 0 Å². The highest BCUT2D eigenvalue weighted by Crippen LogP contribution is 2.57. The average Bonchev–Trinajstić information content (AvgIpc) is 1.84. The van der Waals surface area contributed by atoms with Gasteiger partial charge >= 0.3 is 0 Å². The van der Waals surface area contributed by atoms with Gasteiger partial charge in [0.15, 0.2) is 0 Å². The van der Waals surface area contributed by atoms with Crippen LogP contribution in [0.15, 0.2) is 0 Å². The van der Waals surface area contributed by atoms with Gasteiger partial charge in [0.05, 0.1) is 0 Å². The molecule has 0 amide bonds. The lowest BCUT2D eigenvalue weighted by Crippen LogP contribution is -1.85. The molecule has 2 heteroatoms. The largest absolute Gasteiger partial charge is 0.190 e. The molecule has 1 aliphatic rings. The first-order valence-corrected chi connectivity index (χ1v) is 7.56. The van der Waals surface area contributed by atoms with Crippen LogP contribution in [0.1, 0.15) is 12.8 Å². The minimum Gasteiger partial charge on any atom is -0.190 e. The molecule has 0 aromatic carbocycles. The molecular formula is C5H11IS. The van der Waals surface area contributed by atoms with Gasteiger partial charge in [-0.05, 0) is 51.8 Å². The van der Waals surface area contributed by atoms with E-state index in [1.165, 1.54) is 24.3 Å². The summed E-state index contributed by atoms with van der Waals surface area (Å²) in [6.45, 7) is 0. The Morgan fingerprint density at radius 2 is 1.71 bits per heavy atom. The molecule has 7 heavy (non-hydrogen) atoms. The van der Waals surface area contributed by atoms with Crippen LogP contribution in [0, 0.1) is 0 Å². The molecule has 0 N–H and O–H groups in total. The maximum atomic E-state index is 2.65. The minimum absolute atomic E-state index is 0.0763. The Bertz CT molecular complexity index is 62.5. The maximum absolute atomic E-state index is 2.65. The van der Waals surface area contributed by atoms with E-state index in [1.807, 2.05) is 0 Å². The van der Waals surface area contributed by atoms with Crippen LogP contribution in [-0.2, 0) is 0 Å². The van der Waals surface area contributed by atoms with Crippen LogP contribution in [-0.4, -0.2) is 17.8 Å². The molecule has 0 atom stereocenters. The summed E-state index contributed by atoms with van der Waals surface area (Å²) >= 11 is 2.65. The van der Waals surface area contributed by atoms with E-state index < -0.39 is 0 Å². The summed E-state index contributed by atoms with van der Waals surface area (Å²) in [6.07, 6.45) is 5.42. The van der Waals surface area contributed by atoms with E-state index in [0.717, 1.165) is 0 Å². The number of hydrogen-bond donors (Lipinski definition) is 0. The van der Waals surface area contributed by atoms with Crippen molar-refractivity contribution < 1.29 is 0 Å². The number of halogens is 1. The smallest absolute Gasteiger partial charge is 0.0146 e. The van der Waals surface area contributed by atoms with Gasteiger partial charge in [0.25, 0.3) is 0 Å². The fourth-order valence-electron chi connectivity index (χ4n) is 0.908. The van der Waals surface area contributed by atoms with E-state index in [-0.39, 0.29) is 7.20 Å². The number of hydrogen-bond acceptors (Lipinski definition) is 0. The summed E-state index contributed by atoms with van der Waals surface area (Å²) in [4.78, 5) is 0. The summed E-state index contributed by atoms with van der Waals surface area (Å²) in [7, 11) is -0.0763. The van der Waals surface area contributed by atoms with Crippen LogP contribution in [0.5, 0.6) is 0 Å². The molecule has 1 heterocycles. The maximum Gasteiger partial charge on any atom is -0.0146 e. The molecule has 0 nitrogen and oxygen atoms in total. The monoisotopic (exact) mass is 230 g/mol. The molecule has 1 rings (SSSR count). The van der Waals surface area contributed by atoms with E-state index in [4.69, 9.17) is 0 Å². The van der Waals surface area contributed by atoms with E-state index in [0.29, 0.717) is 0 Å². The highest BCUT2D eigenvalue weighted by Gasteiger charge is 2.18. The van der Waals surface area contributed by atoms with Crippen molar-refractivity contribution >= 4 is 28.4 Å². The lowest BCUT2D eigenvalue weighted by Gasteiger charge is -2.19. The summed E-state index contributed by atoms with van der Waals surface area (Å²) in [5.41, 5.74) is 0. The van der Waals surface area contributed by atoms with Gasteiger partial charge in [0.2, 0.25) is 0 Å². The Morgan fingerprint density at radius 1 is 1.29 bits per heavy atom. The Labute approximate surface area is 59.0 Å². The van der Waals surface area contributed by atoms with Gasteiger partial charge in [-0.15, -0.1) is 0 Å². The molecule has 0 aromatic rings. The molecule has 0 bridgehead atoms. The zero-order valence-corrected chi connectivity index (χ0v) is 7.59. The van der Waals surface area contributed by atoms with Crippen molar-refractivity contribution in [2.45, 2.75) is 12.8 Å². The normalized spacial score (nSPS) is 32.9. The average molecular weight is 230 g/mol. The van der Waals surface area contributed by atoms with Crippen LogP contribution in [0.25, 0.3) is 0 Å². The molecule has 0 aliphatic carbocycles. The van der Waals surface area contributed by atoms with E-state index in [9.17, 15) is 0 Å². The van der Waals surface area contributed by atoms with Gasteiger partial charge in [-0.25, -0.2) is 0 Å². The lowest BCUT2D eigenvalue weighted by atomic mass is 10.4. The highest BCUT2D eigenvalue weighted by molar-refractivity contribution is 14.2. The number of rotatable bonds is 0. The topological polar surface area (TPSA) is 0 Å². The molecule has 1 fully saturated rings. The lowest BCUT2D eigenvalue weighted by molar-refractivity contribution is 0.949. The second-order valence-electron chi connectivity index (χ2n) is 2.27. The third kappa shape index (κ3) is 1.80. The molecular weight excluding hydrogens is 219 g/mol. The molecule has 1 aliphatic heterocycles. The fraction of sp³-hybridized carbons (Fsp3) is 1.00. The second-order valence-corrected chi connectivity index (χ2v) is 11.8. The zero-order chi connectivity index (χ0) is 5.33. The van der Waals surface area contributed by atoms with Crippen molar-refractivity contribution in [3.05, 3.63) is 0 Å². The van der Waals surface area contributed by atoms with Crippen LogP contribution in [0.2, 0.25) is 0 Å². The van der Waals surface area contributed by atoms with Crippen LogP contribution < -0.4 is 0 Å². The first-order valence-electron chi connectivity index (χ1n) is 2.64. The minimum atomic E-state index is -0.0763. The van der Waals surface area contributed by atoms with E-state index in [1.54, 1.807) is 0 Å². The third-order valence-corrected chi connectivity index (χ3v) is 6.31. The van der Waals surface area contributed by atoms with E-state index >= 15 is 0 Å². The standard InChI is InChI=1S/C5H11IS/c1-7(6)4-2-3-5-7/h2-5H2,1H3. The van der Waals surface area contributed by atoms with E-state index in [2.05, 4.69) is 27.5 Å². The van der Waals surface area contributed by atoms with Gasteiger partial charge < -0.3 is 0 Å². The summed E-state index contributed by atoms with van der Waals surface area (Å²) in [5, 5.41) is 0. The SMILES string of the molecule is CS1(I)CCCC1. The Hall–Kier alpha value is 1.08. The summed E-state index contributed by atoms with van der Waals surface area (Å²) < 4.78 is 0. The summed E-state index contributed by atoms with van der Waals surface area (Å²) in [5.74, 6) is 3.04. The highest BCUT2D eigenvalue weighted by atomic mass is 127.